The van der Waals surface area contributed by atoms with Gasteiger partial charge >= 0.3 is 0 Å². The number of hydrogen-bond acceptors (Lipinski definition) is 5. The summed E-state index contributed by atoms with van der Waals surface area (Å²) in [5.41, 5.74) is 2.55. The van der Waals surface area contributed by atoms with Crippen LogP contribution >= 0.6 is 15.9 Å². The standard InChI is InChI=1S/C31H28BrNO5/c1-18-8-7-10-19(14-18)27-26(28(34)25-16-21-15-22(32)12-13-23(21)37-25)29(35)30(36)33(27)17-20-9-5-6-11-24(20)38-31(2,3)4/h5-16,27,35H,17H2,1-4H3. The third kappa shape index (κ3) is 4.98. The third-order valence-electron chi connectivity index (χ3n) is 6.34. The minimum absolute atomic E-state index is 0.00653. The van der Waals surface area contributed by atoms with Gasteiger partial charge in [-0.1, -0.05) is 64.0 Å². The summed E-state index contributed by atoms with van der Waals surface area (Å²) in [5.74, 6) is -1.03. The summed E-state index contributed by atoms with van der Waals surface area (Å²) in [7, 11) is 0. The van der Waals surface area contributed by atoms with E-state index in [0.29, 0.717) is 11.3 Å². The maximum Gasteiger partial charge on any atom is 0.290 e. The van der Waals surface area contributed by atoms with Crippen LogP contribution in [0.5, 0.6) is 5.75 Å². The summed E-state index contributed by atoms with van der Waals surface area (Å²) in [6, 6.07) is 21.3. The zero-order valence-corrected chi connectivity index (χ0v) is 23.2. The monoisotopic (exact) mass is 573 g/mol. The van der Waals surface area contributed by atoms with Crippen LogP contribution in [0.1, 0.15) is 54.1 Å². The Bertz CT molecular complexity index is 1590. The van der Waals surface area contributed by atoms with Crippen molar-refractivity contribution in [3.8, 4) is 5.75 Å². The first-order chi connectivity index (χ1) is 18.0. The number of Topliss-reactive ketones (excluding diaryl/α,β-unsaturated/α-hetero) is 1. The molecule has 0 radical (unpaired) electrons. The first-order valence-corrected chi connectivity index (χ1v) is 13.1. The molecule has 0 saturated heterocycles. The highest BCUT2D eigenvalue weighted by Crippen LogP contribution is 2.41. The molecule has 2 heterocycles. The number of ether oxygens (including phenoxy) is 1. The Labute approximate surface area is 229 Å². The van der Waals surface area contributed by atoms with E-state index >= 15 is 0 Å². The van der Waals surface area contributed by atoms with Crippen molar-refractivity contribution in [3.63, 3.8) is 0 Å². The van der Waals surface area contributed by atoms with Gasteiger partial charge in [-0.3, -0.25) is 9.59 Å². The zero-order chi connectivity index (χ0) is 27.2. The molecule has 1 atom stereocenters. The molecule has 1 unspecified atom stereocenters. The van der Waals surface area contributed by atoms with E-state index in [-0.39, 0.29) is 17.9 Å². The van der Waals surface area contributed by atoms with E-state index < -0.39 is 29.1 Å². The quantitative estimate of drug-likeness (QED) is 0.242. The topological polar surface area (TPSA) is 80.0 Å². The molecule has 1 N–H and O–H groups in total. The molecule has 6 nitrogen and oxygen atoms in total. The highest BCUT2D eigenvalue weighted by atomic mass is 79.9. The summed E-state index contributed by atoms with van der Waals surface area (Å²) in [6.45, 7) is 7.94. The van der Waals surface area contributed by atoms with Crippen molar-refractivity contribution in [2.24, 2.45) is 0 Å². The van der Waals surface area contributed by atoms with Gasteiger partial charge in [0.05, 0.1) is 18.2 Å². The molecule has 5 rings (SSSR count). The summed E-state index contributed by atoms with van der Waals surface area (Å²) in [4.78, 5) is 28.9. The molecule has 0 bridgehead atoms. The molecule has 0 fully saturated rings. The molecule has 0 aliphatic carbocycles. The number of rotatable bonds is 6. The number of hydrogen-bond donors (Lipinski definition) is 1. The van der Waals surface area contributed by atoms with Crippen molar-refractivity contribution in [3.05, 3.63) is 111 Å². The Balaban J connectivity index is 1.59. The van der Waals surface area contributed by atoms with Gasteiger partial charge in [-0.05, 0) is 63.6 Å². The highest BCUT2D eigenvalue weighted by Gasteiger charge is 2.45. The largest absolute Gasteiger partial charge is 0.503 e. The van der Waals surface area contributed by atoms with Crippen LogP contribution in [0.15, 0.2) is 93.0 Å². The number of carbonyl (C=O) groups is 2. The lowest BCUT2D eigenvalue weighted by molar-refractivity contribution is -0.130. The van der Waals surface area contributed by atoms with Gasteiger partial charge < -0.3 is 19.2 Å². The molecule has 0 saturated carbocycles. The molecule has 4 aromatic rings. The van der Waals surface area contributed by atoms with E-state index in [9.17, 15) is 14.7 Å². The predicted molar refractivity (Wildman–Crippen MR) is 149 cm³/mol. The molecule has 1 aromatic heterocycles. The molecule has 1 amide bonds. The second-order valence-electron chi connectivity index (χ2n) is 10.5. The number of aliphatic hydroxyl groups excluding tert-OH is 1. The number of fused-ring (bicyclic) bond motifs is 1. The number of para-hydroxylation sites is 1. The fourth-order valence-electron chi connectivity index (χ4n) is 4.74. The molecule has 0 spiro atoms. The molecule has 1 aliphatic heterocycles. The molecule has 1 aliphatic rings. The van der Waals surface area contributed by atoms with Gasteiger partial charge in [-0.2, -0.15) is 0 Å². The minimum Gasteiger partial charge on any atom is -0.503 e. The molecule has 194 valence electrons. The van der Waals surface area contributed by atoms with Crippen LogP contribution in [0.25, 0.3) is 11.0 Å². The van der Waals surface area contributed by atoms with Crippen molar-refractivity contribution in [1.82, 2.24) is 4.90 Å². The number of amides is 1. The van der Waals surface area contributed by atoms with Crippen LogP contribution < -0.4 is 4.74 Å². The number of aryl methyl sites for hydroxylation is 1. The van der Waals surface area contributed by atoms with Crippen LogP contribution in [-0.4, -0.2) is 27.3 Å². The van der Waals surface area contributed by atoms with Crippen molar-refractivity contribution in [1.29, 1.82) is 0 Å². The lowest BCUT2D eigenvalue weighted by Gasteiger charge is -2.29. The van der Waals surface area contributed by atoms with E-state index in [1.807, 2.05) is 88.4 Å². The summed E-state index contributed by atoms with van der Waals surface area (Å²) < 4.78 is 12.9. The maximum atomic E-state index is 13.9. The van der Waals surface area contributed by atoms with Crippen LogP contribution in [0.4, 0.5) is 0 Å². The van der Waals surface area contributed by atoms with Crippen LogP contribution in [0.3, 0.4) is 0 Å². The molecule has 38 heavy (non-hydrogen) atoms. The molecular weight excluding hydrogens is 546 g/mol. The highest BCUT2D eigenvalue weighted by molar-refractivity contribution is 9.10. The Kier molecular flexibility index (Phi) is 6.65. The average molecular weight is 574 g/mol. The van der Waals surface area contributed by atoms with Gasteiger partial charge in [0.15, 0.2) is 11.5 Å². The minimum atomic E-state index is -0.808. The van der Waals surface area contributed by atoms with Crippen LogP contribution in [0, 0.1) is 6.92 Å². The second kappa shape index (κ2) is 9.80. The number of ketones is 1. The SMILES string of the molecule is Cc1cccc(C2C(C(=O)c3cc4cc(Br)ccc4o3)=C(O)C(=O)N2Cc2ccccc2OC(C)(C)C)c1. The van der Waals surface area contributed by atoms with Gasteiger partial charge in [0.2, 0.25) is 5.78 Å². The fraction of sp³-hybridized carbons (Fsp3) is 0.226. The predicted octanol–water partition coefficient (Wildman–Crippen LogP) is 7.46. The lowest BCUT2D eigenvalue weighted by atomic mass is 9.94. The van der Waals surface area contributed by atoms with E-state index in [1.54, 1.807) is 12.1 Å². The molecule has 3 aromatic carbocycles. The maximum absolute atomic E-state index is 13.9. The van der Waals surface area contributed by atoms with E-state index in [2.05, 4.69) is 15.9 Å². The number of carbonyl (C=O) groups excluding carboxylic acids is 2. The van der Waals surface area contributed by atoms with Gasteiger partial charge in [0.25, 0.3) is 5.91 Å². The first kappa shape index (κ1) is 25.8. The summed E-state index contributed by atoms with van der Waals surface area (Å²) >= 11 is 3.44. The smallest absolute Gasteiger partial charge is 0.290 e. The van der Waals surface area contributed by atoms with Gasteiger partial charge in [-0.15, -0.1) is 0 Å². The number of furan rings is 1. The van der Waals surface area contributed by atoms with Gasteiger partial charge in [0.1, 0.15) is 16.9 Å². The van der Waals surface area contributed by atoms with Gasteiger partial charge in [-0.25, -0.2) is 0 Å². The van der Waals surface area contributed by atoms with Crippen LogP contribution in [-0.2, 0) is 11.3 Å². The first-order valence-electron chi connectivity index (χ1n) is 12.3. The fourth-order valence-corrected chi connectivity index (χ4v) is 5.12. The summed E-state index contributed by atoms with van der Waals surface area (Å²) in [6.07, 6.45) is 0. The van der Waals surface area contributed by atoms with E-state index in [1.165, 1.54) is 4.90 Å². The Hall–Kier alpha value is -3.84. The molecular formula is C31H28BrNO5. The van der Waals surface area contributed by atoms with Crippen molar-refractivity contribution in [2.75, 3.05) is 0 Å². The van der Waals surface area contributed by atoms with Crippen molar-refractivity contribution < 1.29 is 23.8 Å². The number of nitrogens with zero attached hydrogens (tertiary/aromatic N) is 1. The van der Waals surface area contributed by atoms with Gasteiger partial charge in [0, 0.05) is 15.4 Å². The van der Waals surface area contributed by atoms with Crippen molar-refractivity contribution in [2.45, 2.75) is 45.9 Å². The Morgan fingerprint density at radius 3 is 2.55 bits per heavy atom. The number of halogens is 1. The number of aliphatic hydroxyl groups is 1. The lowest BCUT2D eigenvalue weighted by Crippen LogP contribution is -2.31. The summed E-state index contributed by atoms with van der Waals surface area (Å²) in [5, 5.41) is 11.8. The average Bonchev–Trinajstić information content (AvgIpc) is 3.38. The van der Waals surface area contributed by atoms with E-state index in [4.69, 9.17) is 9.15 Å². The second-order valence-corrected chi connectivity index (χ2v) is 11.4. The Morgan fingerprint density at radius 1 is 1.05 bits per heavy atom. The van der Waals surface area contributed by atoms with E-state index in [0.717, 1.165) is 26.5 Å². The van der Waals surface area contributed by atoms with Crippen molar-refractivity contribution >= 4 is 38.6 Å². The third-order valence-corrected chi connectivity index (χ3v) is 6.83. The Morgan fingerprint density at radius 2 is 1.82 bits per heavy atom. The molecule has 7 heteroatoms. The normalized spacial score (nSPS) is 16.0. The van der Waals surface area contributed by atoms with Crippen LogP contribution in [0.2, 0.25) is 0 Å². The zero-order valence-electron chi connectivity index (χ0n) is 21.6. The number of benzene rings is 3.